The third-order valence-electron chi connectivity index (χ3n) is 2.04. The average Bonchev–Trinajstić information content (AvgIpc) is 2.00. The van der Waals surface area contributed by atoms with Crippen LogP contribution in [0.5, 0.6) is 0 Å². The Morgan fingerprint density at radius 3 is 1.73 bits per heavy atom. The molecule has 0 unspecified atom stereocenters. The van der Waals surface area contributed by atoms with Gasteiger partial charge in [0.25, 0.3) is 0 Å². The zero-order valence-electron chi connectivity index (χ0n) is 8.94. The highest BCUT2D eigenvalue weighted by molar-refractivity contribution is 5.46. The summed E-state index contributed by atoms with van der Waals surface area (Å²) in [7, 11) is 0. The van der Waals surface area contributed by atoms with E-state index < -0.39 is 6.30 Å². The van der Waals surface area contributed by atoms with Crippen LogP contribution in [0.2, 0.25) is 0 Å². The molecule has 0 spiro atoms. The number of benzene rings is 1. The van der Waals surface area contributed by atoms with E-state index in [0.717, 1.165) is 5.56 Å². The molecular formula is C11H14F3N. The van der Waals surface area contributed by atoms with Crippen molar-refractivity contribution >= 4 is 5.69 Å². The summed E-state index contributed by atoms with van der Waals surface area (Å²) in [6.45, 7) is 6.04. The normalized spacial score (nSPS) is 12.7. The summed E-state index contributed by atoms with van der Waals surface area (Å²) in [6, 6.07) is 6.28. The molecule has 0 aliphatic heterocycles. The summed E-state index contributed by atoms with van der Waals surface area (Å²) >= 11 is 0. The Bertz CT molecular complexity index is 319. The van der Waals surface area contributed by atoms with Crippen LogP contribution >= 0.6 is 0 Å². The molecule has 0 saturated carbocycles. The molecule has 0 radical (unpaired) electrons. The minimum atomic E-state index is -4.37. The highest BCUT2D eigenvalue weighted by atomic mass is 19.4. The molecule has 0 saturated heterocycles. The largest absolute Gasteiger partial charge is 0.482 e. The maximum absolute atomic E-state index is 12.0. The van der Waals surface area contributed by atoms with Gasteiger partial charge in [-0.3, -0.25) is 5.32 Å². The van der Waals surface area contributed by atoms with Gasteiger partial charge in [-0.1, -0.05) is 32.9 Å². The molecule has 84 valence electrons. The van der Waals surface area contributed by atoms with E-state index in [0.29, 0.717) is 0 Å². The van der Waals surface area contributed by atoms with Crippen LogP contribution in [0.1, 0.15) is 26.3 Å². The first-order chi connectivity index (χ1) is 6.68. The molecule has 1 rings (SSSR count). The lowest BCUT2D eigenvalue weighted by Crippen LogP contribution is -2.20. The van der Waals surface area contributed by atoms with Crippen LogP contribution < -0.4 is 5.32 Å². The van der Waals surface area contributed by atoms with Gasteiger partial charge >= 0.3 is 6.30 Å². The SMILES string of the molecule is CC(C)(C)c1ccc(NC(F)(F)F)cc1. The van der Waals surface area contributed by atoms with Crippen LogP contribution in [0.3, 0.4) is 0 Å². The van der Waals surface area contributed by atoms with E-state index in [1.54, 1.807) is 12.1 Å². The minimum absolute atomic E-state index is 0.0449. The van der Waals surface area contributed by atoms with E-state index in [9.17, 15) is 13.2 Å². The van der Waals surface area contributed by atoms with Gasteiger partial charge in [-0.05, 0) is 23.1 Å². The average molecular weight is 217 g/mol. The predicted molar refractivity (Wildman–Crippen MR) is 54.8 cm³/mol. The number of alkyl halides is 3. The van der Waals surface area contributed by atoms with Crippen molar-refractivity contribution in [2.24, 2.45) is 0 Å². The smallest absolute Gasteiger partial charge is 0.298 e. The Morgan fingerprint density at radius 1 is 0.933 bits per heavy atom. The summed E-state index contributed by atoms with van der Waals surface area (Å²) in [5.74, 6) is 0. The van der Waals surface area contributed by atoms with Gasteiger partial charge < -0.3 is 0 Å². The number of nitrogens with one attached hydrogen (secondary N) is 1. The second-order valence-corrected chi connectivity index (χ2v) is 4.45. The molecule has 0 fully saturated rings. The monoisotopic (exact) mass is 217 g/mol. The quantitative estimate of drug-likeness (QED) is 0.703. The van der Waals surface area contributed by atoms with Gasteiger partial charge in [0.15, 0.2) is 0 Å². The molecule has 1 N–H and O–H groups in total. The summed E-state index contributed by atoms with van der Waals surface area (Å²) in [5, 5.41) is 1.46. The molecule has 0 aromatic heterocycles. The van der Waals surface area contributed by atoms with Gasteiger partial charge in [-0.2, -0.15) is 13.2 Å². The molecule has 0 aliphatic carbocycles. The van der Waals surface area contributed by atoms with E-state index in [1.807, 2.05) is 20.8 Å². The molecule has 0 bridgehead atoms. The number of hydrogen-bond acceptors (Lipinski definition) is 1. The van der Waals surface area contributed by atoms with Crippen LogP contribution in [0.4, 0.5) is 18.9 Å². The van der Waals surface area contributed by atoms with E-state index in [4.69, 9.17) is 0 Å². The van der Waals surface area contributed by atoms with Crippen molar-refractivity contribution in [3.05, 3.63) is 29.8 Å². The third-order valence-corrected chi connectivity index (χ3v) is 2.04. The van der Waals surface area contributed by atoms with Crippen molar-refractivity contribution in [1.29, 1.82) is 0 Å². The summed E-state index contributed by atoms with van der Waals surface area (Å²) < 4.78 is 35.9. The molecule has 1 aromatic rings. The topological polar surface area (TPSA) is 12.0 Å². The predicted octanol–water partition coefficient (Wildman–Crippen LogP) is 3.92. The fraction of sp³-hybridized carbons (Fsp3) is 0.455. The number of anilines is 1. The van der Waals surface area contributed by atoms with Gasteiger partial charge in [0, 0.05) is 5.69 Å². The van der Waals surface area contributed by atoms with Crippen molar-refractivity contribution in [1.82, 2.24) is 0 Å². The second-order valence-electron chi connectivity index (χ2n) is 4.45. The van der Waals surface area contributed by atoms with E-state index in [2.05, 4.69) is 0 Å². The molecule has 4 heteroatoms. The Hall–Kier alpha value is -1.19. The van der Waals surface area contributed by atoms with Gasteiger partial charge in [0.1, 0.15) is 0 Å². The molecular weight excluding hydrogens is 203 g/mol. The van der Waals surface area contributed by atoms with Crippen molar-refractivity contribution in [3.63, 3.8) is 0 Å². The van der Waals surface area contributed by atoms with Crippen molar-refractivity contribution in [2.75, 3.05) is 5.32 Å². The lowest BCUT2D eigenvalue weighted by molar-refractivity contribution is -0.0999. The zero-order chi connectivity index (χ0) is 11.7. The molecule has 0 heterocycles. The van der Waals surface area contributed by atoms with Gasteiger partial charge in [-0.25, -0.2) is 0 Å². The van der Waals surface area contributed by atoms with Gasteiger partial charge in [0.2, 0.25) is 0 Å². The van der Waals surface area contributed by atoms with Crippen LogP contribution in [-0.4, -0.2) is 6.30 Å². The lowest BCUT2D eigenvalue weighted by atomic mass is 9.87. The zero-order valence-corrected chi connectivity index (χ0v) is 8.94. The van der Waals surface area contributed by atoms with Crippen molar-refractivity contribution < 1.29 is 13.2 Å². The van der Waals surface area contributed by atoms with Crippen LogP contribution in [0.15, 0.2) is 24.3 Å². The highest BCUT2D eigenvalue weighted by Crippen LogP contribution is 2.25. The van der Waals surface area contributed by atoms with Crippen LogP contribution in [0.25, 0.3) is 0 Å². The van der Waals surface area contributed by atoms with Gasteiger partial charge in [-0.15, -0.1) is 0 Å². The van der Waals surface area contributed by atoms with E-state index in [1.165, 1.54) is 17.4 Å². The summed E-state index contributed by atoms with van der Waals surface area (Å²) in [4.78, 5) is 0. The summed E-state index contributed by atoms with van der Waals surface area (Å²) in [5.41, 5.74) is 1.03. The molecule has 15 heavy (non-hydrogen) atoms. The van der Waals surface area contributed by atoms with Crippen molar-refractivity contribution in [2.45, 2.75) is 32.5 Å². The molecule has 0 amide bonds. The second kappa shape index (κ2) is 3.76. The van der Waals surface area contributed by atoms with Crippen LogP contribution in [0, 0.1) is 0 Å². The van der Waals surface area contributed by atoms with Gasteiger partial charge in [0.05, 0.1) is 0 Å². The Kier molecular flexibility index (Phi) is 2.98. The maximum atomic E-state index is 12.0. The number of rotatable bonds is 1. The van der Waals surface area contributed by atoms with E-state index >= 15 is 0 Å². The molecule has 1 aromatic carbocycles. The molecule has 1 nitrogen and oxygen atoms in total. The highest BCUT2D eigenvalue weighted by Gasteiger charge is 2.27. The first-order valence-corrected chi connectivity index (χ1v) is 4.64. The first kappa shape index (κ1) is 11.9. The lowest BCUT2D eigenvalue weighted by Gasteiger charge is -2.19. The number of halogens is 3. The Balaban J connectivity index is 2.82. The Labute approximate surface area is 87.3 Å². The molecule has 0 atom stereocenters. The minimum Gasteiger partial charge on any atom is -0.298 e. The fourth-order valence-electron chi connectivity index (χ4n) is 1.22. The standard InChI is InChI=1S/C11H14F3N/c1-10(2,3)8-4-6-9(7-5-8)15-11(12,13)14/h4-7,15H,1-3H3. The third kappa shape index (κ3) is 3.81. The van der Waals surface area contributed by atoms with Crippen LogP contribution in [-0.2, 0) is 5.41 Å². The Morgan fingerprint density at radius 2 is 1.40 bits per heavy atom. The maximum Gasteiger partial charge on any atom is 0.482 e. The molecule has 0 aliphatic rings. The van der Waals surface area contributed by atoms with Crippen molar-refractivity contribution in [3.8, 4) is 0 Å². The first-order valence-electron chi connectivity index (χ1n) is 4.64. The summed E-state index contributed by atoms with van der Waals surface area (Å²) in [6.07, 6.45) is -4.37. The van der Waals surface area contributed by atoms with E-state index in [-0.39, 0.29) is 11.1 Å². The number of hydrogen-bond donors (Lipinski definition) is 1. The fourth-order valence-corrected chi connectivity index (χ4v) is 1.22.